The fourth-order valence-electron chi connectivity index (χ4n) is 5.85. The van der Waals surface area contributed by atoms with Gasteiger partial charge in [-0.25, -0.2) is 14.6 Å². The molecule has 1 aliphatic heterocycles. The van der Waals surface area contributed by atoms with Gasteiger partial charge in [-0.3, -0.25) is 0 Å². The fourth-order valence-corrected chi connectivity index (χ4v) is 5.85. The highest BCUT2D eigenvalue weighted by Gasteiger charge is 2.30. The van der Waals surface area contributed by atoms with Gasteiger partial charge in [-0.1, -0.05) is 13.8 Å². The van der Waals surface area contributed by atoms with E-state index in [1.54, 1.807) is 24.4 Å². The van der Waals surface area contributed by atoms with Crippen molar-refractivity contribution in [1.82, 2.24) is 24.6 Å². The minimum Gasteiger partial charge on any atom is -0.496 e. The number of aromatic amines is 1. The molecule has 0 atom stereocenters. The molecule has 10 nitrogen and oxygen atoms in total. The first-order valence-electron chi connectivity index (χ1n) is 14.9. The molecular formula is C33H43N5O5. The van der Waals surface area contributed by atoms with Gasteiger partial charge in [0.15, 0.2) is 5.65 Å². The van der Waals surface area contributed by atoms with Crippen LogP contribution in [-0.4, -0.2) is 68.2 Å². The van der Waals surface area contributed by atoms with E-state index in [4.69, 9.17) is 14.2 Å². The van der Waals surface area contributed by atoms with Crippen LogP contribution >= 0.6 is 0 Å². The molecule has 1 aliphatic rings. The van der Waals surface area contributed by atoms with Crippen molar-refractivity contribution >= 4 is 34.1 Å². The largest absolute Gasteiger partial charge is 0.496 e. The minimum absolute atomic E-state index is 0.197. The summed E-state index contributed by atoms with van der Waals surface area (Å²) in [4.78, 5) is 35.4. The second-order valence-corrected chi connectivity index (χ2v) is 13.6. The van der Waals surface area contributed by atoms with Crippen LogP contribution in [0.4, 0.5) is 9.59 Å². The number of fused-ring (bicyclic) bond motifs is 2. The van der Waals surface area contributed by atoms with Crippen LogP contribution in [0.15, 0.2) is 30.6 Å². The molecule has 4 aromatic rings. The molecule has 0 unspecified atom stereocenters. The number of ether oxygens (including phenoxy) is 3. The van der Waals surface area contributed by atoms with Crippen molar-refractivity contribution in [2.45, 2.75) is 91.3 Å². The van der Waals surface area contributed by atoms with Crippen molar-refractivity contribution in [1.29, 1.82) is 0 Å². The molecule has 10 heteroatoms. The number of H-pyrrole nitrogens is 1. The van der Waals surface area contributed by atoms with E-state index in [9.17, 15) is 9.59 Å². The summed E-state index contributed by atoms with van der Waals surface area (Å²) in [5.74, 6) is 1.27. The molecule has 0 saturated carbocycles. The Morgan fingerprint density at radius 3 is 2.23 bits per heavy atom. The van der Waals surface area contributed by atoms with Crippen LogP contribution in [0.2, 0.25) is 0 Å². The zero-order valence-electron chi connectivity index (χ0n) is 26.7. The van der Waals surface area contributed by atoms with Gasteiger partial charge in [-0.05, 0) is 89.5 Å². The second-order valence-electron chi connectivity index (χ2n) is 13.6. The van der Waals surface area contributed by atoms with Crippen molar-refractivity contribution in [3.63, 3.8) is 0 Å². The maximum atomic E-state index is 12.9. The zero-order chi connectivity index (χ0) is 31.3. The van der Waals surface area contributed by atoms with Crippen LogP contribution in [0.3, 0.4) is 0 Å². The number of nitrogens with zero attached hydrogens (tertiary/aromatic N) is 4. The van der Waals surface area contributed by atoms with Crippen LogP contribution < -0.4 is 4.74 Å². The number of nitrogens with one attached hydrogen (secondary N) is 1. The van der Waals surface area contributed by atoms with E-state index in [1.807, 2.05) is 47.6 Å². The first-order valence-corrected chi connectivity index (χ1v) is 14.9. The summed E-state index contributed by atoms with van der Waals surface area (Å²) in [7, 11) is 1.70. The summed E-state index contributed by atoms with van der Waals surface area (Å²) >= 11 is 0. The SMILES string of the molecule is COc1cc2[nH]c(-c3ccnc4c3cnn4C(=O)OC(C)(C)C)c(C(C)C)c2cc1C1CCN(C(=O)OC(C)(C)C)CC1. The summed E-state index contributed by atoms with van der Waals surface area (Å²) in [6.45, 7) is 16.7. The second kappa shape index (κ2) is 11.2. The number of carbonyl (C=O) groups excluding carboxylic acids is 2. The molecule has 5 rings (SSSR count). The summed E-state index contributed by atoms with van der Waals surface area (Å²) in [6, 6.07) is 6.27. The van der Waals surface area contributed by atoms with E-state index in [0.29, 0.717) is 18.7 Å². The third kappa shape index (κ3) is 6.19. The number of hydrogen-bond donors (Lipinski definition) is 1. The average Bonchev–Trinajstić information content (AvgIpc) is 3.52. The van der Waals surface area contributed by atoms with Crippen LogP contribution in [0.25, 0.3) is 33.2 Å². The number of carbonyl (C=O) groups is 2. The van der Waals surface area contributed by atoms with E-state index in [0.717, 1.165) is 51.7 Å². The molecule has 3 aromatic heterocycles. The smallest absolute Gasteiger partial charge is 0.437 e. The number of methoxy groups -OCH3 is 1. The molecule has 0 radical (unpaired) electrons. The maximum Gasteiger partial charge on any atom is 0.437 e. The van der Waals surface area contributed by atoms with Gasteiger partial charge in [-0.2, -0.15) is 5.10 Å². The number of likely N-dealkylation sites (tertiary alicyclic amines) is 1. The molecule has 1 N–H and O–H groups in total. The molecule has 1 fully saturated rings. The van der Waals surface area contributed by atoms with Gasteiger partial charge in [-0.15, -0.1) is 4.68 Å². The Labute approximate surface area is 252 Å². The van der Waals surface area contributed by atoms with E-state index in [1.165, 1.54) is 10.2 Å². The van der Waals surface area contributed by atoms with Crippen LogP contribution in [-0.2, 0) is 9.47 Å². The lowest BCUT2D eigenvalue weighted by atomic mass is 9.87. The summed E-state index contributed by atoms with van der Waals surface area (Å²) in [6.07, 6.45) is 4.18. The lowest BCUT2D eigenvalue weighted by Gasteiger charge is -2.34. The molecule has 1 aromatic carbocycles. The van der Waals surface area contributed by atoms with Crippen molar-refractivity contribution in [2.24, 2.45) is 0 Å². The van der Waals surface area contributed by atoms with Gasteiger partial charge in [0.05, 0.1) is 19.0 Å². The number of amides is 1. The van der Waals surface area contributed by atoms with Crippen molar-refractivity contribution < 1.29 is 23.8 Å². The molecule has 0 bridgehead atoms. The Morgan fingerprint density at radius 2 is 1.63 bits per heavy atom. The van der Waals surface area contributed by atoms with Gasteiger partial charge in [0, 0.05) is 47.2 Å². The van der Waals surface area contributed by atoms with Gasteiger partial charge >= 0.3 is 12.2 Å². The Hall–Kier alpha value is -4.08. The standard InChI is InChI=1S/C33H43N5O5/c1-19(2)27-23-16-22(20-11-14-37(15-12-20)30(39)42-32(3,4)5)26(41-9)17-25(23)36-28(27)21-10-13-34-29-24(21)18-35-38(29)31(40)43-33(6,7)8/h10,13,16-20,36H,11-12,14-15H2,1-9H3. The van der Waals surface area contributed by atoms with Crippen molar-refractivity contribution in [3.05, 3.63) is 41.7 Å². The monoisotopic (exact) mass is 589 g/mol. The van der Waals surface area contributed by atoms with Gasteiger partial charge < -0.3 is 24.1 Å². The Bertz CT molecular complexity index is 1660. The highest BCUT2D eigenvalue weighted by molar-refractivity contribution is 6.00. The number of benzene rings is 1. The predicted molar refractivity (Wildman–Crippen MR) is 167 cm³/mol. The number of pyridine rings is 1. The molecule has 1 saturated heterocycles. The quantitative estimate of drug-likeness (QED) is 0.261. The molecule has 0 aliphatic carbocycles. The molecule has 1 amide bonds. The van der Waals surface area contributed by atoms with E-state index < -0.39 is 17.3 Å². The number of hydrogen-bond acceptors (Lipinski definition) is 7. The Balaban J connectivity index is 1.53. The average molecular weight is 590 g/mol. The Morgan fingerprint density at radius 1 is 0.977 bits per heavy atom. The zero-order valence-corrected chi connectivity index (χ0v) is 26.7. The van der Waals surface area contributed by atoms with E-state index in [-0.39, 0.29) is 17.9 Å². The number of piperidine rings is 1. The molecular weight excluding hydrogens is 546 g/mol. The third-order valence-corrected chi connectivity index (χ3v) is 7.66. The van der Waals surface area contributed by atoms with Gasteiger partial charge in [0.25, 0.3) is 0 Å². The topological polar surface area (TPSA) is 112 Å². The van der Waals surface area contributed by atoms with Gasteiger partial charge in [0.1, 0.15) is 17.0 Å². The lowest BCUT2D eigenvalue weighted by Crippen LogP contribution is -2.41. The fraction of sp³-hybridized carbons (Fsp3) is 0.515. The third-order valence-electron chi connectivity index (χ3n) is 7.66. The maximum absolute atomic E-state index is 12.9. The summed E-state index contributed by atoms with van der Waals surface area (Å²) in [5.41, 5.74) is 4.41. The minimum atomic E-state index is -0.655. The molecule has 0 spiro atoms. The summed E-state index contributed by atoms with van der Waals surface area (Å²) < 4.78 is 18.3. The molecule has 43 heavy (non-hydrogen) atoms. The molecule has 4 heterocycles. The van der Waals surface area contributed by atoms with Crippen LogP contribution in [0.5, 0.6) is 5.75 Å². The predicted octanol–water partition coefficient (Wildman–Crippen LogP) is 7.61. The highest BCUT2D eigenvalue weighted by atomic mass is 16.6. The van der Waals surface area contributed by atoms with E-state index in [2.05, 4.69) is 41.0 Å². The summed E-state index contributed by atoms with van der Waals surface area (Å²) in [5, 5.41) is 6.22. The highest BCUT2D eigenvalue weighted by Crippen LogP contribution is 2.43. The van der Waals surface area contributed by atoms with Crippen LogP contribution in [0, 0.1) is 0 Å². The van der Waals surface area contributed by atoms with E-state index >= 15 is 0 Å². The van der Waals surface area contributed by atoms with Crippen LogP contribution in [0.1, 0.15) is 91.2 Å². The number of rotatable bonds is 4. The van der Waals surface area contributed by atoms with Crippen molar-refractivity contribution in [3.8, 4) is 17.0 Å². The first-order chi connectivity index (χ1) is 20.2. The Kier molecular flexibility index (Phi) is 7.92. The van der Waals surface area contributed by atoms with Crippen molar-refractivity contribution in [2.75, 3.05) is 20.2 Å². The normalized spacial score (nSPS) is 15.0. The lowest BCUT2D eigenvalue weighted by molar-refractivity contribution is 0.0204. The number of aromatic nitrogens is 4. The van der Waals surface area contributed by atoms with Gasteiger partial charge in [0.2, 0.25) is 0 Å². The first kappa shape index (κ1) is 30.4. The molecule has 230 valence electrons.